The molecule has 2 aliphatic rings. The number of urea groups is 1. The molecule has 0 spiro atoms. The molecule has 1 saturated heterocycles. The first-order valence-corrected chi connectivity index (χ1v) is 19.0. The molecule has 15 heteroatoms. The molecule has 272 valence electrons. The Bertz CT molecular complexity index is 1790. The molecule has 14 nitrogen and oxygen atoms in total. The number of pyridine rings is 1. The van der Waals surface area contributed by atoms with Gasteiger partial charge in [-0.1, -0.05) is 26.8 Å². The summed E-state index contributed by atoms with van der Waals surface area (Å²) >= 11 is 0. The number of hydrogen-bond donors (Lipinski definition) is 3. The van der Waals surface area contributed by atoms with Gasteiger partial charge in [-0.05, 0) is 76.1 Å². The van der Waals surface area contributed by atoms with Crippen LogP contribution in [0.3, 0.4) is 0 Å². The normalized spacial score (nSPS) is 20.8. The zero-order chi connectivity index (χ0) is 35.9. The monoisotopic (exact) mass is 710 g/mol. The van der Waals surface area contributed by atoms with Gasteiger partial charge in [0.2, 0.25) is 5.95 Å². The number of hydrogen-bond acceptors (Lipinski definition) is 11. The molecule has 0 unspecified atom stereocenters. The number of anilines is 1. The molecule has 2 fully saturated rings. The van der Waals surface area contributed by atoms with E-state index in [1.807, 2.05) is 43.5 Å². The number of amidine groups is 1. The third kappa shape index (κ3) is 10.6. The van der Waals surface area contributed by atoms with E-state index in [1.54, 1.807) is 30.3 Å². The molecule has 50 heavy (non-hydrogen) atoms. The van der Waals surface area contributed by atoms with Crippen molar-refractivity contribution in [2.24, 2.45) is 16.1 Å². The highest BCUT2D eigenvalue weighted by atomic mass is 32.2. The van der Waals surface area contributed by atoms with E-state index in [-0.39, 0.29) is 42.6 Å². The molecule has 2 amide bonds. The maximum Gasteiger partial charge on any atom is 0.320 e. The van der Waals surface area contributed by atoms with Crippen LogP contribution >= 0.6 is 0 Å². The Morgan fingerprint density at radius 1 is 1.06 bits per heavy atom. The molecule has 1 aliphatic heterocycles. The summed E-state index contributed by atoms with van der Waals surface area (Å²) in [6, 6.07) is 10.8. The van der Waals surface area contributed by atoms with Crippen LogP contribution in [-0.2, 0) is 14.3 Å². The van der Waals surface area contributed by atoms with E-state index in [4.69, 9.17) is 19.4 Å². The van der Waals surface area contributed by atoms with Gasteiger partial charge in [-0.3, -0.25) is 13.9 Å². The fourth-order valence-electron chi connectivity index (χ4n) is 5.96. The van der Waals surface area contributed by atoms with E-state index in [9.17, 15) is 13.2 Å². The summed E-state index contributed by atoms with van der Waals surface area (Å²) < 4.78 is 41.2. The van der Waals surface area contributed by atoms with Crippen LogP contribution < -0.4 is 30.7 Å². The minimum absolute atomic E-state index is 0.0291. The fraction of sp³-hybridized carbons (Fsp3) is 0.543. The van der Waals surface area contributed by atoms with E-state index in [2.05, 4.69) is 37.6 Å². The number of rotatable bonds is 11. The minimum atomic E-state index is -3.55. The smallest absolute Gasteiger partial charge is 0.320 e. The Morgan fingerprint density at radius 2 is 1.84 bits per heavy atom. The van der Waals surface area contributed by atoms with Crippen LogP contribution in [0.4, 0.5) is 16.4 Å². The predicted octanol–water partition coefficient (Wildman–Crippen LogP) is 5.07. The lowest BCUT2D eigenvalue weighted by Crippen LogP contribution is -2.46. The van der Waals surface area contributed by atoms with E-state index >= 15 is 0 Å². The number of aliphatic imine (C=N–C) groups is 1. The largest absolute Gasteiger partial charge is 0.491 e. The Kier molecular flexibility index (Phi) is 11.9. The number of allylic oxidation sites excluding steroid dienone is 1. The molecule has 1 aromatic carbocycles. The second kappa shape index (κ2) is 16.1. The Hall–Kier alpha value is -4.37. The van der Waals surface area contributed by atoms with Gasteiger partial charge in [-0.2, -0.15) is 8.42 Å². The lowest BCUT2D eigenvalue weighted by molar-refractivity contribution is 0.140. The number of carbonyl (C=O) groups excluding carboxylic acids is 1. The van der Waals surface area contributed by atoms with Gasteiger partial charge in [0.05, 0.1) is 24.2 Å². The van der Waals surface area contributed by atoms with Crippen molar-refractivity contribution >= 4 is 39.3 Å². The minimum Gasteiger partial charge on any atom is -0.491 e. The number of piperidine rings is 1. The number of ether oxygens (including phenoxy) is 2. The van der Waals surface area contributed by atoms with Crippen LogP contribution in [-0.4, -0.2) is 79.1 Å². The standard InChI is InChI=1S/C35H50N8O6S/c1-24-9-6-7-18-42(24)34-41-40-32-17-16-29(23-43(32)34)49-27-14-12-25(13-15-27)38-33(44)39-31(22-30(36)35(2,3)4)37-26-10-8-11-28(21-26)47-19-20-48-50(5,45)46/h8,10-11,16-17,21-25,27H,6-7,9,12-15,18-20,36H2,1-5H3,(H2,37,38,39,44)/t24-,25?,27?/m0/s1. The number of nitrogens with one attached hydrogen (secondary N) is 2. The molecule has 3 aromatic rings. The Morgan fingerprint density at radius 3 is 2.56 bits per heavy atom. The van der Waals surface area contributed by atoms with E-state index in [0.717, 1.165) is 68.7 Å². The lowest BCUT2D eigenvalue weighted by atomic mass is 9.92. The van der Waals surface area contributed by atoms with Crippen LogP contribution in [0.1, 0.15) is 72.6 Å². The molecule has 1 aliphatic carbocycles. The maximum absolute atomic E-state index is 13.2. The zero-order valence-electron chi connectivity index (χ0n) is 29.6. The summed E-state index contributed by atoms with van der Waals surface area (Å²) in [7, 11) is -3.55. The number of carbonyl (C=O) groups is 1. The van der Waals surface area contributed by atoms with Crippen LogP contribution in [0.15, 0.2) is 59.4 Å². The van der Waals surface area contributed by atoms with Gasteiger partial charge in [-0.25, -0.2) is 9.79 Å². The molecule has 2 aromatic heterocycles. The molecule has 3 heterocycles. The van der Waals surface area contributed by atoms with Gasteiger partial charge >= 0.3 is 6.03 Å². The van der Waals surface area contributed by atoms with Crippen LogP contribution in [0.2, 0.25) is 0 Å². The summed E-state index contributed by atoms with van der Waals surface area (Å²) in [5.74, 6) is 2.37. The average Bonchev–Trinajstić information content (AvgIpc) is 3.46. The van der Waals surface area contributed by atoms with E-state index in [1.165, 1.54) is 6.42 Å². The third-order valence-corrected chi connectivity index (χ3v) is 9.44. The first-order valence-electron chi connectivity index (χ1n) is 17.2. The molecule has 0 radical (unpaired) electrons. The van der Waals surface area contributed by atoms with Crippen molar-refractivity contribution in [2.75, 3.05) is 30.9 Å². The second-order valence-corrected chi connectivity index (χ2v) is 15.7. The molecule has 1 atom stereocenters. The molecular formula is C35H50N8O6S. The number of aromatic nitrogens is 3. The number of fused-ring (bicyclic) bond motifs is 1. The van der Waals surface area contributed by atoms with Crippen molar-refractivity contribution in [2.45, 2.75) is 90.8 Å². The first-order chi connectivity index (χ1) is 23.7. The van der Waals surface area contributed by atoms with Crippen molar-refractivity contribution in [1.29, 1.82) is 0 Å². The number of amides is 2. The highest BCUT2D eigenvalue weighted by molar-refractivity contribution is 7.85. The first kappa shape index (κ1) is 36.9. The summed E-state index contributed by atoms with van der Waals surface area (Å²) in [4.78, 5) is 20.2. The van der Waals surface area contributed by atoms with Gasteiger partial charge in [0.25, 0.3) is 10.1 Å². The summed E-state index contributed by atoms with van der Waals surface area (Å²) in [5.41, 5.74) is 7.86. The van der Waals surface area contributed by atoms with Crippen LogP contribution in [0.5, 0.6) is 11.5 Å². The fourth-order valence-corrected chi connectivity index (χ4v) is 6.33. The van der Waals surface area contributed by atoms with Gasteiger partial charge in [0.15, 0.2) is 5.65 Å². The molecule has 1 saturated carbocycles. The van der Waals surface area contributed by atoms with Crippen molar-refractivity contribution in [1.82, 2.24) is 25.2 Å². The summed E-state index contributed by atoms with van der Waals surface area (Å²) in [6.07, 6.45) is 11.3. The van der Waals surface area contributed by atoms with Crippen molar-refractivity contribution < 1.29 is 26.9 Å². The Labute approximate surface area is 294 Å². The van der Waals surface area contributed by atoms with Gasteiger partial charge in [0, 0.05) is 41.9 Å². The van der Waals surface area contributed by atoms with E-state index in [0.29, 0.717) is 23.2 Å². The summed E-state index contributed by atoms with van der Waals surface area (Å²) in [5, 5.41) is 14.8. The topological polar surface area (TPSA) is 175 Å². The maximum atomic E-state index is 13.2. The quantitative estimate of drug-likeness (QED) is 0.105. The Balaban J connectivity index is 1.17. The van der Waals surface area contributed by atoms with Crippen LogP contribution in [0.25, 0.3) is 5.65 Å². The summed E-state index contributed by atoms with van der Waals surface area (Å²) in [6.45, 7) is 9.05. The molecular weight excluding hydrogens is 661 g/mol. The molecule has 0 bridgehead atoms. The SMILES string of the molecule is C[C@H]1CCCCN1c1nnc2ccc(OC3CCC(NC(=O)NC(C=C(N)C(C)(C)C)=Nc4cccc(OCCOS(C)(=O)=O)c4)CC3)cn12. The highest BCUT2D eigenvalue weighted by Crippen LogP contribution is 2.28. The number of nitrogens with zero attached hydrogens (tertiary/aromatic N) is 5. The number of nitrogens with two attached hydrogens (primary N) is 1. The number of benzene rings is 1. The van der Waals surface area contributed by atoms with Gasteiger partial charge in [-0.15, -0.1) is 10.2 Å². The van der Waals surface area contributed by atoms with Crippen LogP contribution in [0, 0.1) is 5.41 Å². The van der Waals surface area contributed by atoms with Gasteiger partial charge < -0.3 is 25.4 Å². The predicted molar refractivity (Wildman–Crippen MR) is 194 cm³/mol. The average molecular weight is 711 g/mol. The van der Waals surface area contributed by atoms with Gasteiger partial charge in [0.1, 0.15) is 30.5 Å². The molecule has 5 rings (SSSR count). The molecule has 4 N–H and O–H groups in total. The van der Waals surface area contributed by atoms with Crippen molar-refractivity contribution in [3.05, 3.63) is 54.4 Å². The highest BCUT2D eigenvalue weighted by Gasteiger charge is 2.26. The second-order valence-electron chi connectivity index (χ2n) is 14.0. The lowest BCUT2D eigenvalue weighted by Gasteiger charge is -2.33. The van der Waals surface area contributed by atoms with E-state index < -0.39 is 10.1 Å². The van der Waals surface area contributed by atoms with Crippen molar-refractivity contribution in [3.63, 3.8) is 0 Å². The third-order valence-electron chi connectivity index (χ3n) is 8.85. The zero-order valence-corrected chi connectivity index (χ0v) is 30.4. The van der Waals surface area contributed by atoms with Crippen molar-refractivity contribution in [3.8, 4) is 11.5 Å².